The van der Waals surface area contributed by atoms with Crippen molar-refractivity contribution in [3.05, 3.63) is 29.8 Å². The van der Waals surface area contributed by atoms with Crippen LogP contribution >= 0.6 is 0 Å². The minimum atomic E-state index is -3.01. The van der Waals surface area contributed by atoms with Crippen molar-refractivity contribution >= 4 is 27.2 Å². The molecule has 1 saturated carbocycles. The average molecular weight is 449 g/mol. The summed E-state index contributed by atoms with van der Waals surface area (Å²) in [6.45, 7) is 8.24. The molecule has 1 heterocycles. The zero-order chi connectivity index (χ0) is 22.6. The lowest BCUT2D eigenvalue weighted by Gasteiger charge is -2.35. The Morgan fingerprint density at radius 2 is 1.55 bits per heavy atom. The summed E-state index contributed by atoms with van der Waals surface area (Å²) in [5.74, 6) is 0.905. The number of hydrogen-bond acceptors (Lipinski definition) is 5. The van der Waals surface area contributed by atoms with Gasteiger partial charge >= 0.3 is 0 Å². The number of carbonyl (C=O) groups excluding carboxylic acids is 2. The van der Waals surface area contributed by atoms with Gasteiger partial charge in [-0.05, 0) is 63.1 Å². The molecule has 6 nitrogen and oxygen atoms in total. The van der Waals surface area contributed by atoms with E-state index in [2.05, 4.69) is 17.0 Å². The third-order valence-electron chi connectivity index (χ3n) is 6.89. The van der Waals surface area contributed by atoms with Gasteiger partial charge in [0.15, 0.2) is 9.84 Å². The molecule has 0 atom stereocenters. The first-order chi connectivity index (χ1) is 14.7. The Hall–Kier alpha value is -1.89. The summed E-state index contributed by atoms with van der Waals surface area (Å²) in [7, 11) is -3.01. The van der Waals surface area contributed by atoms with Crippen molar-refractivity contribution in [1.29, 1.82) is 0 Å². The van der Waals surface area contributed by atoms with Crippen LogP contribution in [0.3, 0.4) is 0 Å². The van der Waals surface area contributed by atoms with Crippen LogP contribution < -0.4 is 4.90 Å². The molecule has 1 aromatic rings. The zero-order valence-corrected chi connectivity index (χ0v) is 19.9. The Morgan fingerprint density at radius 1 is 0.968 bits per heavy atom. The Labute approximate surface area is 186 Å². The molecular formula is C24H36N2O4S. The first kappa shape index (κ1) is 23.8. The van der Waals surface area contributed by atoms with Gasteiger partial charge in [0.05, 0.1) is 11.0 Å². The number of sulfone groups is 1. The van der Waals surface area contributed by atoms with Crippen LogP contribution in [0.4, 0.5) is 5.69 Å². The Morgan fingerprint density at radius 3 is 2.06 bits per heavy atom. The Bertz CT molecular complexity index is 863. The first-order valence-electron chi connectivity index (χ1n) is 11.5. The predicted octanol–water partition coefficient (Wildman–Crippen LogP) is 3.10. The number of Topliss-reactive ketones (excluding diaryl/α,β-unsaturated/α-hetero) is 1. The number of anilines is 1. The molecule has 0 spiro atoms. The van der Waals surface area contributed by atoms with Gasteiger partial charge in [-0.15, -0.1) is 0 Å². The second-order valence-corrected chi connectivity index (χ2v) is 12.0. The van der Waals surface area contributed by atoms with Crippen LogP contribution in [-0.2, 0) is 25.8 Å². The lowest BCUT2D eigenvalue weighted by Crippen LogP contribution is -2.48. The van der Waals surface area contributed by atoms with Gasteiger partial charge in [-0.3, -0.25) is 9.59 Å². The molecule has 1 amide bonds. The molecule has 7 heteroatoms. The molecular weight excluding hydrogens is 412 g/mol. The molecule has 0 unspecified atom stereocenters. The fraction of sp³-hybridized carbons (Fsp3) is 0.667. The SMILES string of the molecule is CC(=O)N1CCN(c2ccc(CC(=O)C3CCC(CS(=O)(=O)C(C)C)CC3)cc2)CC1. The van der Waals surface area contributed by atoms with Gasteiger partial charge < -0.3 is 9.80 Å². The molecule has 2 fully saturated rings. The summed E-state index contributed by atoms with van der Waals surface area (Å²) in [5, 5.41) is -0.326. The van der Waals surface area contributed by atoms with Gasteiger partial charge in [-0.2, -0.15) is 0 Å². The van der Waals surface area contributed by atoms with E-state index in [0.717, 1.165) is 63.1 Å². The molecule has 0 aromatic heterocycles. The molecule has 31 heavy (non-hydrogen) atoms. The van der Waals surface area contributed by atoms with Crippen molar-refractivity contribution in [1.82, 2.24) is 4.90 Å². The van der Waals surface area contributed by atoms with Crippen LogP contribution in [0.25, 0.3) is 0 Å². The molecule has 0 bridgehead atoms. The lowest BCUT2D eigenvalue weighted by atomic mass is 9.79. The fourth-order valence-corrected chi connectivity index (χ4v) is 6.00. The normalized spacial score (nSPS) is 22.6. The number of nitrogens with zero attached hydrogens (tertiary/aromatic N) is 2. The molecule has 1 aliphatic carbocycles. The minimum absolute atomic E-state index is 0.0531. The van der Waals surface area contributed by atoms with Crippen LogP contribution in [0.2, 0.25) is 0 Å². The predicted molar refractivity (Wildman–Crippen MR) is 124 cm³/mol. The van der Waals surface area contributed by atoms with Gasteiger partial charge in [0.1, 0.15) is 5.78 Å². The van der Waals surface area contributed by atoms with E-state index in [1.807, 2.05) is 17.0 Å². The number of piperazine rings is 1. The highest BCUT2D eigenvalue weighted by atomic mass is 32.2. The highest BCUT2D eigenvalue weighted by molar-refractivity contribution is 7.91. The quantitative estimate of drug-likeness (QED) is 0.641. The maximum atomic E-state index is 12.8. The second-order valence-electron chi connectivity index (χ2n) is 9.40. The molecule has 172 valence electrons. The highest BCUT2D eigenvalue weighted by Gasteiger charge is 2.30. The number of ketones is 1. The number of amides is 1. The van der Waals surface area contributed by atoms with Crippen molar-refractivity contribution < 1.29 is 18.0 Å². The first-order valence-corrected chi connectivity index (χ1v) is 13.2. The monoisotopic (exact) mass is 448 g/mol. The van der Waals surface area contributed by atoms with E-state index in [-0.39, 0.29) is 34.5 Å². The van der Waals surface area contributed by atoms with E-state index in [1.54, 1.807) is 20.8 Å². The number of carbonyl (C=O) groups is 2. The van der Waals surface area contributed by atoms with Crippen molar-refractivity contribution in [3.63, 3.8) is 0 Å². The molecule has 1 aromatic carbocycles. The van der Waals surface area contributed by atoms with Gasteiger partial charge in [0, 0.05) is 51.1 Å². The van der Waals surface area contributed by atoms with E-state index < -0.39 is 9.84 Å². The summed E-state index contributed by atoms with van der Waals surface area (Å²) in [6, 6.07) is 8.20. The van der Waals surface area contributed by atoms with Crippen LogP contribution in [0.15, 0.2) is 24.3 Å². The topological polar surface area (TPSA) is 74.8 Å². The van der Waals surface area contributed by atoms with Crippen molar-refractivity contribution in [2.75, 3.05) is 36.8 Å². The number of hydrogen-bond donors (Lipinski definition) is 0. The standard InChI is InChI=1S/C24H36N2O4S/c1-18(2)31(29,30)17-21-4-8-22(9-5-21)24(28)16-20-6-10-23(11-7-20)26-14-12-25(13-15-26)19(3)27/h6-7,10-11,18,21-22H,4-5,8-9,12-17H2,1-3H3. The van der Waals surface area contributed by atoms with Crippen LogP contribution in [0.1, 0.15) is 52.0 Å². The van der Waals surface area contributed by atoms with Crippen LogP contribution in [0.5, 0.6) is 0 Å². The summed E-state index contributed by atoms with van der Waals surface area (Å²) >= 11 is 0. The maximum Gasteiger partial charge on any atom is 0.219 e. The van der Waals surface area contributed by atoms with Crippen molar-refractivity contribution in [2.24, 2.45) is 11.8 Å². The van der Waals surface area contributed by atoms with E-state index in [4.69, 9.17) is 0 Å². The molecule has 0 N–H and O–H groups in total. The van der Waals surface area contributed by atoms with Gasteiger partial charge in [-0.25, -0.2) is 8.42 Å². The zero-order valence-electron chi connectivity index (χ0n) is 19.0. The molecule has 0 radical (unpaired) electrons. The summed E-state index contributed by atoms with van der Waals surface area (Å²) in [5.41, 5.74) is 2.16. The molecule has 3 rings (SSSR count). The van der Waals surface area contributed by atoms with Gasteiger partial charge in [0.2, 0.25) is 5.91 Å². The van der Waals surface area contributed by atoms with Crippen molar-refractivity contribution in [3.8, 4) is 0 Å². The van der Waals surface area contributed by atoms with Crippen molar-refractivity contribution in [2.45, 2.75) is 58.1 Å². The summed E-state index contributed by atoms with van der Waals surface area (Å²) in [4.78, 5) is 28.4. The molecule has 1 aliphatic heterocycles. The summed E-state index contributed by atoms with van der Waals surface area (Å²) < 4.78 is 24.3. The highest BCUT2D eigenvalue weighted by Crippen LogP contribution is 2.31. The van der Waals surface area contributed by atoms with E-state index in [1.165, 1.54) is 0 Å². The largest absolute Gasteiger partial charge is 0.368 e. The smallest absolute Gasteiger partial charge is 0.219 e. The molecule has 1 saturated heterocycles. The lowest BCUT2D eigenvalue weighted by molar-refractivity contribution is -0.129. The third kappa shape index (κ3) is 6.31. The number of rotatable bonds is 7. The van der Waals surface area contributed by atoms with E-state index >= 15 is 0 Å². The summed E-state index contributed by atoms with van der Waals surface area (Å²) in [6.07, 6.45) is 3.70. The minimum Gasteiger partial charge on any atom is -0.368 e. The van der Waals surface area contributed by atoms with Crippen LogP contribution in [-0.4, -0.2) is 62.2 Å². The van der Waals surface area contributed by atoms with Crippen LogP contribution in [0, 0.1) is 11.8 Å². The Kier molecular flexibility index (Phi) is 7.78. The third-order valence-corrected chi connectivity index (χ3v) is 9.27. The average Bonchev–Trinajstić information content (AvgIpc) is 2.74. The number of benzene rings is 1. The maximum absolute atomic E-state index is 12.8. The molecule has 2 aliphatic rings. The Balaban J connectivity index is 1.47. The second kappa shape index (κ2) is 10.2. The van der Waals surface area contributed by atoms with Gasteiger partial charge in [0.25, 0.3) is 0 Å². The van der Waals surface area contributed by atoms with Gasteiger partial charge in [-0.1, -0.05) is 12.1 Å². The van der Waals surface area contributed by atoms with E-state index in [0.29, 0.717) is 6.42 Å². The fourth-order valence-electron chi connectivity index (χ4n) is 4.62. The van der Waals surface area contributed by atoms with E-state index in [9.17, 15) is 18.0 Å².